The molecule has 1 atom stereocenters. The molecule has 5 rings (SSSR count). The van der Waals surface area contributed by atoms with Crippen molar-refractivity contribution in [2.24, 2.45) is 0 Å². The van der Waals surface area contributed by atoms with E-state index in [0.717, 1.165) is 0 Å². The first kappa shape index (κ1) is 24.7. The molecule has 0 aliphatic carbocycles. The van der Waals surface area contributed by atoms with E-state index in [0.29, 0.717) is 60.4 Å². The number of halogens is 2. The van der Waals surface area contributed by atoms with Crippen molar-refractivity contribution in [2.45, 2.75) is 26.5 Å². The van der Waals surface area contributed by atoms with Gasteiger partial charge in [0.2, 0.25) is 0 Å². The van der Waals surface area contributed by atoms with Crippen molar-refractivity contribution < 1.29 is 19.4 Å². The van der Waals surface area contributed by atoms with Gasteiger partial charge in [-0.2, -0.15) is 0 Å². The van der Waals surface area contributed by atoms with Gasteiger partial charge in [-0.05, 0) is 74.0 Å². The monoisotopic (exact) mass is 533 g/mol. The SMILES string of the molecule is Cc1c(C(=O)c2ccc(Cl)cc2)c2nc3ccccc3nc2n1Cc1cc(O[C@H](C)C(=O)O)ccc1Cl. The summed E-state index contributed by atoms with van der Waals surface area (Å²) in [6.45, 7) is 3.56. The molecule has 0 fully saturated rings. The van der Waals surface area contributed by atoms with Gasteiger partial charge in [0.1, 0.15) is 11.3 Å². The number of fused-ring (bicyclic) bond motifs is 2. The highest BCUT2D eigenvalue weighted by atomic mass is 35.5. The van der Waals surface area contributed by atoms with Gasteiger partial charge in [-0.25, -0.2) is 14.8 Å². The van der Waals surface area contributed by atoms with Crippen LogP contribution in [0, 0.1) is 6.92 Å². The van der Waals surface area contributed by atoms with E-state index in [9.17, 15) is 14.7 Å². The van der Waals surface area contributed by atoms with E-state index in [1.807, 2.05) is 35.8 Å². The van der Waals surface area contributed by atoms with Gasteiger partial charge in [0, 0.05) is 21.3 Å². The highest BCUT2D eigenvalue weighted by Crippen LogP contribution is 2.31. The lowest BCUT2D eigenvalue weighted by Gasteiger charge is -2.14. The Bertz CT molecular complexity index is 1680. The summed E-state index contributed by atoms with van der Waals surface area (Å²) in [6, 6.07) is 19.2. The zero-order chi connectivity index (χ0) is 26.3. The van der Waals surface area contributed by atoms with Crippen molar-refractivity contribution in [1.82, 2.24) is 14.5 Å². The number of carboxylic acid groups (broad SMARTS) is 1. The molecule has 186 valence electrons. The molecular formula is C28H21Cl2N3O4. The highest BCUT2D eigenvalue weighted by Gasteiger charge is 2.25. The summed E-state index contributed by atoms with van der Waals surface area (Å²) in [7, 11) is 0. The zero-order valence-electron chi connectivity index (χ0n) is 19.9. The molecule has 5 aromatic rings. The minimum Gasteiger partial charge on any atom is -0.479 e. The van der Waals surface area contributed by atoms with Crippen LogP contribution in [0.2, 0.25) is 10.0 Å². The van der Waals surface area contributed by atoms with Crippen LogP contribution in [-0.2, 0) is 11.3 Å². The fraction of sp³-hybridized carbons (Fsp3) is 0.143. The van der Waals surface area contributed by atoms with Gasteiger partial charge in [0.05, 0.1) is 23.1 Å². The van der Waals surface area contributed by atoms with Gasteiger partial charge >= 0.3 is 5.97 Å². The molecule has 0 amide bonds. The summed E-state index contributed by atoms with van der Waals surface area (Å²) in [5.74, 6) is -0.894. The quantitative estimate of drug-likeness (QED) is 0.245. The molecule has 0 aliphatic rings. The number of carbonyl (C=O) groups excluding carboxylic acids is 1. The summed E-state index contributed by atoms with van der Waals surface area (Å²) >= 11 is 12.6. The molecule has 0 radical (unpaired) electrons. The Morgan fingerprint density at radius 2 is 1.68 bits per heavy atom. The maximum atomic E-state index is 13.7. The van der Waals surface area contributed by atoms with Crippen molar-refractivity contribution in [2.75, 3.05) is 0 Å². The van der Waals surface area contributed by atoms with Crippen molar-refractivity contribution in [3.63, 3.8) is 0 Å². The van der Waals surface area contributed by atoms with Gasteiger partial charge in [0.15, 0.2) is 17.5 Å². The normalized spacial score (nSPS) is 12.1. The van der Waals surface area contributed by atoms with E-state index in [1.54, 1.807) is 42.5 Å². The number of benzene rings is 3. The number of nitrogens with zero attached hydrogens (tertiary/aromatic N) is 3. The lowest BCUT2D eigenvalue weighted by molar-refractivity contribution is -0.144. The highest BCUT2D eigenvalue weighted by molar-refractivity contribution is 6.31. The third-order valence-corrected chi connectivity index (χ3v) is 6.77. The number of hydrogen-bond acceptors (Lipinski definition) is 5. The van der Waals surface area contributed by atoms with Crippen LogP contribution in [0.1, 0.15) is 34.1 Å². The Kier molecular flexibility index (Phi) is 6.58. The predicted molar refractivity (Wildman–Crippen MR) is 143 cm³/mol. The van der Waals surface area contributed by atoms with Crippen LogP contribution in [0.5, 0.6) is 5.75 Å². The fourth-order valence-electron chi connectivity index (χ4n) is 4.19. The molecule has 2 heterocycles. The molecule has 0 unspecified atom stereocenters. The summed E-state index contributed by atoms with van der Waals surface area (Å²) in [4.78, 5) is 34.6. The third-order valence-electron chi connectivity index (χ3n) is 6.15. The van der Waals surface area contributed by atoms with Crippen molar-refractivity contribution in [1.29, 1.82) is 0 Å². The Labute approximate surface area is 222 Å². The zero-order valence-corrected chi connectivity index (χ0v) is 21.4. The van der Waals surface area contributed by atoms with Gasteiger partial charge in [-0.15, -0.1) is 0 Å². The van der Waals surface area contributed by atoms with E-state index in [2.05, 4.69) is 0 Å². The van der Waals surface area contributed by atoms with E-state index in [1.165, 1.54) is 6.92 Å². The second kappa shape index (κ2) is 9.84. The number of ketones is 1. The topological polar surface area (TPSA) is 94.3 Å². The largest absolute Gasteiger partial charge is 0.479 e. The van der Waals surface area contributed by atoms with Crippen molar-refractivity contribution in [3.05, 3.63) is 99.2 Å². The molecule has 0 spiro atoms. The van der Waals surface area contributed by atoms with Crippen LogP contribution >= 0.6 is 23.2 Å². The van der Waals surface area contributed by atoms with Crippen LogP contribution in [0.25, 0.3) is 22.2 Å². The minimum atomic E-state index is -1.07. The molecule has 0 saturated carbocycles. The van der Waals surface area contributed by atoms with Crippen LogP contribution < -0.4 is 4.74 Å². The van der Waals surface area contributed by atoms with Gasteiger partial charge < -0.3 is 14.4 Å². The van der Waals surface area contributed by atoms with Crippen LogP contribution in [-0.4, -0.2) is 37.5 Å². The molecule has 37 heavy (non-hydrogen) atoms. The number of hydrogen-bond donors (Lipinski definition) is 1. The first-order valence-corrected chi connectivity index (χ1v) is 12.2. The number of aromatic nitrogens is 3. The summed E-state index contributed by atoms with van der Waals surface area (Å²) in [5, 5.41) is 10.2. The Balaban J connectivity index is 1.67. The van der Waals surface area contributed by atoms with E-state index >= 15 is 0 Å². The second-order valence-corrected chi connectivity index (χ2v) is 9.46. The summed E-state index contributed by atoms with van der Waals surface area (Å²) in [5.41, 5.74) is 4.67. The molecule has 0 bridgehead atoms. The van der Waals surface area contributed by atoms with Gasteiger partial charge in [-0.1, -0.05) is 35.3 Å². The van der Waals surface area contributed by atoms with E-state index < -0.39 is 12.1 Å². The van der Waals surface area contributed by atoms with Crippen LogP contribution in [0.15, 0.2) is 66.7 Å². The van der Waals surface area contributed by atoms with Gasteiger partial charge in [0.25, 0.3) is 0 Å². The number of para-hydroxylation sites is 2. The molecule has 0 aliphatic heterocycles. The number of rotatable bonds is 7. The number of carbonyl (C=O) groups is 2. The number of aliphatic carboxylic acids is 1. The number of ether oxygens (including phenoxy) is 1. The maximum absolute atomic E-state index is 13.7. The predicted octanol–water partition coefficient (Wildman–Crippen LogP) is 6.33. The molecule has 2 aromatic heterocycles. The van der Waals surface area contributed by atoms with E-state index in [4.69, 9.17) is 37.9 Å². The average molecular weight is 534 g/mol. The summed E-state index contributed by atoms with van der Waals surface area (Å²) < 4.78 is 7.43. The third kappa shape index (κ3) is 4.75. The standard InChI is InChI=1S/C28H21Cl2N3O4/c1-15-24(26(34)17-7-9-19(29)10-8-17)25-27(32-23-6-4-3-5-22(23)31-25)33(15)14-18-13-20(11-12-21(18)30)37-16(2)28(35)36/h3-13,16H,14H2,1-2H3,(H,35,36)/t16-/m1/s1. The van der Waals surface area contributed by atoms with Gasteiger partial charge in [-0.3, -0.25) is 4.79 Å². The first-order valence-electron chi connectivity index (χ1n) is 11.5. The molecule has 0 saturated heterocycles. The second-order valence-electron chi connectivity index (χ2n) is 8.62. The Morgan fingerprint density at radius 1 is 1.00 bits per heavy atom. The Hall–Kier alpha value is -3.94. The summed E-state index contributed by atoms with van der Waals surface area (Å²) in [6.07, 6.45) is -1.02. The van der Waals surface area contributed by atoms with E-state index in [-0.39, 0.29) is 12.3 Å². The molecular weight excluding hydrogens is 513 g/mol. The number of carboxylic acids is 1. The average Bonchev–Trinajstić information content (AvgIpc) is 3.14. The first-order chi connectivity index (χ1) is 17.7. The molecule has 9 heteroatoms. The molecule has 7 nitrogen and oxygen atoms in total. The lowest BCUT2D eigenvalue weighted by atomic mass is 10.0. The molecule has 1 N–H and O–H groups in total. The maximum Gasteiger partial charge on any atom is 0.344 e. The van der Waals surface area contributed by atoms with Crippen molar-refractivity contribution >= 4 is 57.2 Å². The van der Waals surface area contributed by atoms with Crippen molar-refractivity contribution in [3.8, 4) is 5.75 Å². The van der Waals surface area contributed by atoms with Crippen LogP contribution in [0.3, 0.4) is 0 Å². The fourth-order valence-corrected chi connectivity index (χ4v) is 4.50. The minimum absolute atomic E-state index is 0.194. The smallest absolute Gasteiger partial charge is 0.344 e. The Morgan fingerprint density at radius 3 is 2.35 bits per heavy atom. The molecule has 3 aromatic carbocycles. The lowest BCUT2D eigenvalue weighted by Crippen LogP contribution is -2.22. The van der Waals surface area contributed by atoms with Crippen LogP contribution in [0.4, 0.5) is 0 Å².